The van der Waals surface area contributed by atoms with E-state index in [9.17, 15) is 13.2 Å². The topological polar surface area (TPSA) is 66.5 Å². The molecular formula is C19H22N2O3S. The summed E-state index contributed by atoms with van der Waals surface area (Å²) in [6.45, 7) is 1.15. The molecule has 1 N–H and O–H groups in total. The molecule has 0 saturated carbocycles. The molecule has 0 bridgehead atoms. The molecule has 1 heterocycles. The van der Waals surface area contributed by atoms with E-state index in [2.05, 4.69) is 4.72 Å². The molecule has 0 atom stereocenters. The van der Waals surface area contributed by atoms with Gasteiger partial charge in [-0.25, -0.2) is 13.1 Å². The molecule has 0 spiro atoms. The lowest BCUT2D eigenvalue weighted by molar-refractivity contribution is -0.131. The maximum absolute atomic E-state index is 12.4. The van der Waals surface area contributed by atoms with Crippen LogP contribution in [0.3, 0.4) is 0 Å². The Bertz CT molecular complexity index is 799. The van der Waals surface area contributed by atoms with Gasteiger partial charge in [0, 0.05) is 19.1 Å². The van der Waals surface area contributed by atoms with Crippen molar-refractivity contribution >= 4 is 15.9 Å². The van der Waals surface area contributed by atoms with Crippen LogP contribution in [0.15, 0.2) is 65.6 Å². The van der Waals surface area contributed by atoms with Gasteiger partial charge < -0.3 is 4.90 Å². The molecule has 1 aliphatic rings. The molecule has 0 radical (unpaired) electrons. The van der Waals surface area contributed by atoms with E-state index in [-0.39, 0.29) is 16.8 Å². The minimum Gasteiger partial charge on any atom is -0.342 e. The molecule has 1 fully saturated rings. The minimum absolute atomic E-state index is 0.0931. The molecule has 3 rings (SSSR count). The highest BCUT2D eigenvalue weighted by Crippen LogP contribution is 2.16. The monoisotopic (exact) mass is 358 g/mol. The highest BCUT2D eigenvalue weighted by molar-refractivity contribution is 7.89. The third kappa shape index (κ3) is 4.67. The van der Waals surface area contributed by atoms with Crippen molar-refractivity contribution in [1.29, 1.82) is 0 Å². The Kier molecular flexibility index (Phi) is 5.50. The summed E-state index contributed by atoms with van der Waals surface area (Å²) in [6, 6.07) is 17.9. The first-order valence-corrected chi connectivity index (χ1v) is 9.92. The summed E-state index contributed by atoms with van der Waals surface area (Å²) in [5, 5.41) is 0. The summed E-state index contributed by atoms with van der Waals surface area (Å²) in [4.78, 5) is 14.5. The zero-order valence-corrected chi connectivity index (χ0v) is 14.8. The predicted octanol–water partition coefficient (Wildman–Crippen LogP) is 2.20. The molecule has 0 aliphatic carbocycles. The molecule has 1 saturated heterocycles. The number of sulfonamides is 1. The third-order valence-electron chi connectivity index (χ3n) is 4.42. The van der Waals surface area contributed by atoms with Gasteiger partial charge in [-0.05, 0) is 30.5 Å². The second-order valence-corrected chi connectivity index (χ2v) is 7.97. The molecule has 1 amide bonds. The average Bonchev–Trinajstić information content (AvgIpc) is 2.63. The van der Waals surface area contributed by atoms with Crippen LogP contribution in [0.5, 0.6) is 0 Å². The zero-order valence-electron chi connectivity index (χ0n) is 14.0. The first-order valence-electron chi connectivity index (χ1n) is 8.44. The van der Waals surface area contributed by atoms with Crippen molar-refractivity contribution in [2.75, 3.05) is 13.1 Å². The summed E-state index contributed by atoms with van der Waals surface area (Å²) in [7, 11) is -3.50. The number of carbonyl (C=O) groups excluding carboxylic acids is 1. The Morgan fingerprint density at radius 2 is 1.52 bits per heavy atom. The van der Waals surface area contributed by atoms with E-state index in [1.54, 1.807) is 30.3 Å². The van der Waals surface area contributed by atoms with Crippen LogP contribution in [0.25, 0.3) is 0 Å². The van der Waals surface area contributed by atoms with E-state index in [1.165, 1.54) is 0 Å². The number of rotatable bonds is 5. The lowest BCUT2D eigenvalue weighted by Gasteiger charge is -2.32. The van der Waals surface area contributed by atoms with Crippen molar-refractivity contribution in [2.24, 2.45) is 0 Å². The molecule has 0 unspecified atom stereocenters. The van der Waals surface area contributed by atoms with E-state index in [0.29, 0.717) is 32.4 Å². The number of hydrogen-bond acceptors (Lipinski definition) is 3. The lowest BCUT2D eigenvalue weighted by atomic mass is 10.0. The Morgan fingerprint density at radius 1 is 0.960 bits per heavy atom. The fourth-order valence-electron chi connectivity index (χ4n) is 3.02. The standard InChI is InChI=1S/C19H22N2O3S/c22-19(15-16-7-3-1-4-8-16)21-13-11-17(12-14-21)20-25(23,24)18-9-5-2-6-10-18/h1-10,17,20H,11-15H2. The van der Waals surface area contributed by atoms with Crippen LogP contribution < -0.4 is 4.72 Å². The molecular weight excluding hydrogens is 336 g/mol. The molecule has 6 heteroatoms. The van der Waals surface area contributed by atoms with E-state index in [0.717, 1.165) is 5.56 Å². The van der Waals surface area contributed by atoms with Crippen LogP contribution in [0.4, 0.5) is 0 Å². The van der Waals surface area contributed by atoms with Gasteiger partial charge in [0.25, 0.3) is 0 Å². The highest BCUT2D eigenvalue weighted by Gasteiger charge is 2.26. The highest BCUT2D eigenvalue weighted by atomic mass is 32.2. The van der Waals surface area contributed by atoms with Crippen LogP contribution in [0.2, 0.25) is 0 Å². The van der Waals surface area contributed by atoms with Crippen molar-refractivity contribution in [3.05, 3.63) is 66.2 Å². The lowest BCUT2D eigenvalue weighted by Crippen LogP contribution is -2.46. The van der Waals surface area contributed by atoms with Gasteiger partial charge in [-0.2, -0.15) is 0 Å². The van der Waals surface area contributed by atoms with Crippen LogP contribution in [-0.2, 0) is 21.2 Å². The van der Waals surface area contributed by atoms with Crippen molar-refractivity contribution in [3.8, 4) is 0 Å². The van der Waals surface area contributed by atoms with E-state index >= 15 is 0 Å². The maximum Gasteiger partial charge on any atom is 0.240 e. The van der Waals surface area contributed by atoms with Gasteiger partial charge >= 0.3 is 0 Å². The number of hydrogen-bond donors (Lipinski definition) is 1. The predicted molar refractivity (Wildman–Crippen MR) is 96.5 cm³/mol. The smallest absolute Gasteiger partial charge is 0.240 e. The Labute approximate surface area is 148 Å². The summed E-state index contributed by atoms with van der Waals surface area (Å²) in [5.74, 6) is 0.0931. The molecule has 0 aromatic heterocycles. The first-order chi connectivity index (χ1) is 12.0. The van der Waals surface area contributed by atoms with E-state index < -0.39 is 10.0 Å². The van der Waals surface area contributed by atoms with Crippen LogP contribution >= 0.6 is 0 Å². The number of nitrogens with one attached hydrogen (secondary N) is 1. The largest absolute Gasteiger partial charge is 0.342 e. The quantitative estimate of drug-likeness (QED) is 0.891. The van der Waals surface area contributed by atoms with Crippen molar-refractivity contribution in [3.63, 3.8) is 0 Å². The fraction of sp³-hybridized carbons (Fsp3) is 0.316. The van der Waals surface area contributed by atoms with Gasteiger partial charge in [-0.15, -0.1) is 0 Å². The molecule has 1 aliphatic heterocycles. The first kappa shape index (κ1) is 17.6. The number of nitrogens with zero attached hydrogens (tertiary/aromatic N) is 1. The number of amides is 1. The maximum atomic E-state index is 12.4. The van der Waals surface area contributed by atoms with Gasteiger partial charge in [-0.3, -0.25) is 4.79 Å². The van der Waals surface area contributed by atoms with Gasteiger partial charge in [0.2, 0.25) is 15.9 Å². The number of benzene rings is 2. The average molecular weight is 358 g/mol. The van der Waals surface area contributed by atoms with Gasteiger partial charge in [0.15, 0.2) is 0 Å². The summed E-state index contributed by atoms with van der Waals surface area (Å²) < 4.78 is 27.5. The van der Waals surface area contributed by atoms with Crippen LogP contribution in [-0.4, -0.2) is 38.4 Å². The number of piperidine rings is 1. The molecule has 2 aromatic rings. The van der Waals surface area contributed by atoms with Crippen LogP contribution in [0.1, 0.15) is 18.4 Å². The second-order valence-electron chi connectivity index (χ2n) is 6.25. The normalized spacial score (nSPS) is 15.9. The Morgan fingerprint density at radius 3 is 2.12 bits per heavy atom. The SMILES string of the molecule is O=C(Cc1ccccc1)N1CCC(NS(=O)(=O)c2ccccc2)CC1. The van der Waals surface area contributed by atoms with E-state index in [1.807, 2.05) is 35.2 Å². The van der Waals surface area contributed by atoms with E-state index in [4.69, 9.17) is 0 Å². The minimum atomic E-state index is -3.50. The van der Waals surface area contributed by atoms with Crippen molar-refractivity contribution in [1.82, 2.24) is 9.62 Å². The second kappa shape index (κ2) is 7.80. The van der Waals surface area contributed by atoms with Gasteiger partial charge in [0.1, 0.15) is 0 Å². The Balaban J connectivity index is 1.53. The third-order valence-corrected chi connectivity index (χ3v) is 5.96. The molecule has 5 nitrogen and oxygen atoms in total. The molecule has 2 aromatic carbocycles. The molecule has 25 heavy (non-hydrogen) atoms. The number of carbonyl (C=O) groups is 1. The van der Waals surface area contributed by atoms with Gasteiger partial charge in [-0.1, -0.05) is 48.5 Å². The van der Waals surface area contributed by atoms with Crippen molar-refractivity contribution < 1.29 is 13.2 Å². The Hall–Kier alpha value is -2.18. The van der Waals surface area contributed by atoms with Crippen molar-refractivity contribution in [2.45, 2.75) is 30.2 Å². The summed E-state index contributed by atoms with van der Waals surface area (Å²) in [5.41, 5.74) is 0.999. The number of likely N-dealkylation sites (tertiary alicyclic amines) is 1. The summed E-state index contributed by atoms with van der Waals surface area (Å²) >= 11 is 0. The summed E-state index contributed by atoms with van der Waals surface area (Å²) in [6.07, 6.45) is 1.65. The van der Waals surface area contributed by atoms with Gasteiger partial charge in [0.05, 0.1) is 11.3 Å². The zero-order chi connectivity index (χ0) is 17.7. The fourth-order valence-corrected chi connectivity index (χ4v) is 4.34. The molecule has 132 valence electrons. The van der Waals surface area contributed by atoms with Crippen LogP contribution in [0, 0.1) is 0 Å².